The number of aromatic nitrogens is 3. The van der Waals surface area contributed by atoms with E-state index in [9.17, 15) is 13.6 Å². The Bertz CT molecular complexity index is 1020. The molecule has 0 fully saturated rings. The minimum absolute atomic E-state index is 0.125. The smallest absolute Gasteiger partial charge is 0.358 e. The number of carbonyl (C=O) groups excluding carboxylic acids is 1. The van der Waals surface area contributed by atoms with Crippen molar-refractivity contribution in [2.75, 3.05) is 18.7 Å². The topological polar surface area (TPSA) is 77.0 Å². The maximum Gasteiger partial charge on any atom is 0.358 e. The number of ether oxygens (including phenoxy) is 1. The molecular formula is C17H13BrF2N4O2S2. The SMILES string of the molecule is COC(=O)c1nc(-c2ccnc(Nc3cc(Br)cc(C(F)F)c3)n2)sc1SC. The van der Waals surface area contributed by atoms with Crippen molar-refractivity contribution in [1.29, 1.82) is 0 Å². The third-order valence-corrected chi connectivity index (χ3v) is 6.11. The predicted molar refractivity (Wildman–Crippen MR) is 109 cm³/mol. The Morgan fingerprint density at radius 2 is 2.11 bits per heavy atom. The highest BCUT2D eigenvalue weighted by Crippen LogP contribution is 2.34. The lowest BCUT2D eigenvalue weighted by Crippen LogP contribution is -2.03. The number of alkyl halides is 2. The highest BCUT2D eigenvalue weighted by Gasteiger charge is 2.20. The highest BCUT2D eigenvalue weighted by molar-refractivity contribution is 9.10. The number of methoxy groups -OCH3 is 1. The maximum atomic E-state index is 13.0. The summed E-state index contributed by atoms with van der Waals surface area (Å²) >= 11 is 5.91. The average molecular weight is 487 g/mol. The second-order valence-corrected chi connectivity index (χ2v) is 8.30. The Morgan fingerprint density at radius 3 is 2.79 bits per heavy atom. The molecule has 3 rings (SSSR count). The van der Waals surface area contributed by atoms with E-state index < -0.39 is 12.4 Å². The van der Waals surface area contributed by atoms with Gasteiger partial charge in [0.15, 0.2) is 5.69 Å². The van der Waals surface area contributed by atoms with Crippen LogP contribution in [-0.4, -0.2) is 34.3 Å². The standard InChI is InChI=1S/C17H13BrF2N4O2S2/c1-26-15(25)12-16(27-2)28-14(24-12)11-3-4-21-17(23-11)22-10-6-8(13(19)20)5-9(18)7-10/h3-7,13H,1-2H3,(H,21,22,23). The fourth-order valence-corrected chi connectivity index (χ4v) is 4.42. The molecular weight excluding hydrogens is 474 g/mol. The minimum atomic E-state index is -2.60. The van der Waals surface area contributed by atoms with Crippen LogP contribution < -0.4 is 5.32 Å². The molecule has 146 valence electrons. The van der Waals surface area contributed by atoms with E-state index in [0.717, 1.165) is 0 Å². The Kier molecular flexibility index (Phi) is 6.57. The number of halogens is 3. The van der Waals surface area contributed by atoms with Gasteiger partial charge in [-0.3, -0.25) is 0 Å². The summed E-state index contributed by atoms with van der Waals surface area (Å²) in [6, 6.07) is 5.98. The Hall–Kier alpha value is -2.11. The van der Waals surface area contributed by atoms with E-state index >= 15 is 0 Å². The fraction of sp³-hybridized carbons (Fsp3) is 0.176. The van der Waals surface area contributed by atoms with Crippen molar-refractivity contribution in [3.05, 3.63) is 46.2 Å². The number of nitrogens with one attached hydrogen (secondary N) is 1. The number of rotatable bonds is 6. The van der Waals surface area contributed by atoms with Crippen LogP contribution in [0.3, 0.4) is 0 Å². The van der Waals surface area contributed by atoms with Gasteiger partial charge >= 0.3 is 5.97 Å². The van der Waals surface area contributed by atoms with Crippen LogP contribution in [0, 0.1) is 0 Å². The van der Waals surface area contributed by atoms with Gasteiger partial charge in [-0.25, -0.2) is 28.5 Å². The van der Waals surface area contributed by atoms with E-state index in [2.05, 4.69) is 36.2 Å². The van der Waals surface area contributed by atoms with Crippen LogP contribution in [0.25, 0.3) is 10.7 Å². The van der Waals surface area contributed by atoms with Crippen molar-refractivity contribution >= 4 is 56.6 Å². The third-order valence-electron chi connectivity index (χ3n) is 3.46. The molecule has 2 heterocycles. The molecule has 0 aliphatic carbocycles. The number of anilines is 2. The number of hydrogen-bond donors (Lipinski definition) is 1. The van der Waals surface area contributed by atoms with Crippen LogP contribution >= 0.6 is 39.0 Å². The second-order valence-electron chi connectivity index (χ2n) is 5.32. The molecule has 1 N–H and O–H groups in total. The van der Waals surface area contributed by atoms with E-state index in [0.29, 0.717) is 25.1 Å². The number of hydrogen-bond acceptors (Lipinski definition) is 8. The molecule has 0 spiro atoms. The zero-order valence-electron chi connectivity index (χ0n) is 14.6. The molecule has 11 heteroatoms. The van der Waals surface area contributed by atoms with Gasteiger partial charge in [0.05, 0.1) is 11.3 Å². The number of thioether (sulfide) groups is 1. The van der Waals surface area contributed by atoms with Gasteiger partial charge in [0.1, 0.15) is 10.7 Å². The second kappa shape index (κ2) is 8.93. The van der Waals surface area contributed by atoms with E-state index in [1.54, 1.807) is 12.1 Å². The fourth-order valence-electron chi connectivity index (χ4n) is 2.26. The van der Waals surface area contributed by atoms with Gasteiger partial charge < -0.3 is 10.1 Å². The van der Waals surface area contributed by atoms with E-state index in [4.69, 9.17) is 4.74 Å². The zero-order chi connectivity index (χ0) is 20.3. The summed E-state index contributed by atoms with van der Waals surface area (Å²) in [5, 5.41) is 3.44. The van der Waals surface area contributed by atoms with Crippen LogP contribution in [-0.2, 0) is 4.74 Å². The maximum absolute atomic E-state index is 13.0. The summed E-state index contributed by atoms with van der Waals surface area (Å²) in [4.78, 5) is 24.7. The van der Waals surface area contributed by atoms with E-state index in [-0.39, 0.29) is 17.2 Å². The Labute approximate surface area is 175 Å². The normalized spacial score (nSPS) is 10.9. The molecule has 0 amide bonds. The molecule has 0 bridgehead atoms. The predicted octanol–water partition coefficient (Wildman–Crippen LogP) is 5.55. The van der Waals surface area contributed by atoms with Gasteiger partial charge in [-0.15, -0.1) is 23.1 Å². The largest absolute Gasteiger partial charge is 0.464 e. The van der Waals surface area contributed by atoms with Gasteiger partial charge in [0.2, 0.25) is 5.95 Å². The molecule has 0 aliphatic heterocycles. The summed E-state index contributed by atoms with van der Waals surface area (Å²) in [6.07, 6.45) is 0.765. The molecule has 2 aromatic heterocycles. The Morgan fingerprint density at radius 1 is 1.32 bits per heavy atom. The number of benzene rings is 1. The first-order valence-electron chi connectivity index (χ1n) is 7.73. The van der Waals surface area contributed by atoms with Crippen molar-refractivity contribution in [1.82, 2.24) is 15.0 Å². The molecule has 0 aliphatic rings. The number of esters is 1. The first-order valence-corrected chi connectivity index (χ1v) is 10.6. The van der Waals surface area contributed by atoms with Crippen molar-refractivity contribution in [3.63, 3.8) is 0 Å². The minimum Gasteiger partial charge on any atom is -0.464 e. The molecule has 28 heavy (non-hydrogen) atoms. The summed E-state index contributed by atoms with van der Waals surface area (Å²) in [5.41, 5.74) is 1.02. The highest BCUT2D eigenvalue weighted by atomic mass is 79.9. The number of nitrogens with zero attached hydrogens (tertiary/aromatic N) is 3. The van der Waals surface area contributed by atoms with Gasteiger partial charge in [0, 0.05) is 21.9 Å². The monoisotopic (exact) mass is 486 g/mol. The average Bonchev–Trinajstić information content (AvgIpc) is 3.11. The summed E-state index contributed by atoms with van der Waals surface area (Å²) in [5.74, 6) is -0.302. The van der Waals surface area contributed by atoms with Gasteiger partial charge in [-0.05, 0) is 30.5 Å². The Balaban J connectivity index is 1.91. The lowest BCUT2D eigenvalue weighted by molar-refractivity contribution is 0.0591. The van der Waals surface area contributed by atoms with Crippen molar-refractivity contribution in [2.24, 2.45) is 0 Å². The zero-order valence-corrected chi connectivity index (χ0v) is 17.8. The quantitative estimate of drug-likeness (QED) is 0.361. The van der Waals surface area contributed by atoms with Crippen molar-refractivity contribution < 1.29 is 18.3 Å². The molecule has 0 radical (unpaired) electrons. The first kappa shape index (κ1) is 20.6. The summed E-state index contributed by atoms with van der Waals surface area (Å²) < 4.78 is 32.0. The molecule has 1 aromatic carbocycles. The molecule has 0 saturated heterocycles. The van der Waals surface area contributed by atoms with E-state index in [1.165, 1.54) is 48.5 Å². The number of thiazole rings is 1. The van der Waals surface area contributed by atoms with Crippen molar-refractivity contribution in [3.8, 4) is 10.7 Å². The molecule has 3 aromatic rings. The lowest BCUT2D eigenvalue weighted by Gasteiger charge is -2.08. The van der Waals surface area contributed by atoms with Crippen LogP contribution in [0.5, 0.6) is 0 Å². The van der Waals surface area contributed by atoms with Crippen LogP contribution in [0.15, 0.2) is 39.1 Å². The van der Waals surface area contributed by atoms with Crippen LogP contribution in [0.4, 0.5) is 20.4 Å². The van der Waals surface area contributed by atoms with Crippen LogP contribution in [0.2, 0.25) is 0 Å². The summed E-state index contributed by atoms with van der Waals surface area (Å²) in [7, 11) is 1.30. The van der Waals surface area contributed by atoms with E-state index in [1.807, 2.05) is 6.26 Å². The first-order chi connectivity index (χ1) is 13.4. The van der Waals surface area contributed by atoms with Crippen LogP contribution in [0.1, 0.15) is 22.5 Å². The molecule has 6 nitrogen and oxygen atoms in total. The lowest BCUT2D eigenvalue weighted by atomic mass is 10.2. The van der Waals surface area contributed by atoms with Gasteiger partial charge in [0.25, 0.3) is 6.43 Å². The molecule has 0 unspecified atom stereocenters. The number of carbonyl (C=O) groups is 1. The third kappa shape index (κ3) is 4.65. The summed E-state index contributed by atoms with van der Waals surface area (Å²) in [6.45, 7) is 0. The molecule has 0 atom stereocenters. The van der Waals surface area contributed by atoms with Gasteiger partial charge in [-0.1, -0.05) is 15.9 Å². The van der Waals surface area contributed by atoms with Crippen molar-refractivity contribution in [2.45, 2.75) is 10.6 Å². The molecule has 0 saturated carbocycles. The van der Waals surface area contributed by atoms with Gasteiger partial charge in [-0.2, -0.15) is 0 Å².